The van der Waals surface area contributed by atoms with Crippen molar-refractivity contribution in [3.63, 3.8) is 0 Å². The number of fused-ring (bicyclic) bond motifs is 2. The van der Waals surface area contributed by atoms with Gasteiger partial charge in [-0.05, 0) is 47.0 Å². The Balaban J connectivity index is 1.36. The van der Waals surface area contributed by atoms with Crippen LogP contribution in [0.2, 0.25) is 0 Å². The van der Waals surface area contributed by atoms with E-state index in [0.717, 1.165) is 22.1 Å². The van der Waals surface area contributed by atoms with E-state index in [9.17, 15) is 23.1 Å². The average molecular weight is 495 g/mol. The lowest BCUT2D eigenvalue weighted by Crippen LogP contribution is -2.21. The molecule has 1 unspecified atom stereocenters. The van der Waals surface area contributed by atoms with Crippen LogP contribution in [0, 0.1) is 0 Å². The number of carbonyl (C=O) groups is 1. The third-order valence-electron chi connectivity index (χ3n) is 6.03. The molecule has 1 atom stereocenters. The SMILES string of the molecule is O=C(O)Cc1coc2cc(/C=C/c3cccc4c3CN(c3ccc(OC(F)(F)F)cc3)C4O)ccc12. The number of nitrogens with zero attached hydrogens (tertiary/aromatic N) is 1. The smallest absolute Gasteiger partial charge is 0.481 e. The van der Waals surface area contributed by atoms with E-state index in [4.69, 9.17) is 9.52 Å². The largest absolute Gasteiger partial charge is 0.573 e. The van der Waals surface area contributed by atoms with Gasteiger partial charge in [-0.25, -0.2) is 0 Å². The first-order valence-corrected chi connectivity index (χ1v) is 11.0. The van der Waals surface area contributed by atoms with Crippen molar-refractivity contribution in [2.75, 3.05) is 4.90 Å². The lowest BCUT2D eigenvalue weighted by Gasteiger charge is -2.23. The van der Waals surface area contributed by atoms with Crippen LogP contribution in [0.25, 0.3) is 23.1 Å². The minimum absolute atomic E-state index is 0.116. The van der Waals surface area contributed by atoms with Crippen LogP contribution in [0.3, 0.4) is 0 Å². The molecule has 0 aliphatic carbocycles. The van der Waals surface area contributed by atoms with E-state index in [1.807, 2.05) is 48.6 Å². The van der Waals surface area contributed by atoms with Crippen LogP contribution < -0.4 is 9.64 Å². The van der Waals surface area contributed by atoms with Crippen molar-refractivity contribution in [2.45, 2.75) is 25.6 Å². The van der Waals surface area contributed by atoms with Crippen molar-refractivity contribution in [3.8, 4) is 5.75 Å². The lowest BCUT2D eigenvalue weighted by molar-refractivity contribution is -0.274. The highest BCUT2D eigenvalue weighted by molar-refractivity contribution is 5.87. The number of halogens is 3. The Kier molecular flexibility index (Phi) is 5.93. The predicted molar refractivity (Wildman–Crippen MR) is 127 cm³/mol. The van der Waals surface area contributed by atoms with Crippen molar-refractivity contribution in [1.82, 2.24) is 0 Å². The second kappa shape index (κ2) is 9.09. The Morgan fingerprint density at radius 1 is 1.11 bits per heavy atom. The Morgan fingerprint density at radius 2 is 1.89 bits per heavy atom. The molecule has 184 valence electrons. The fourth-order valence-corrected chi connectivity index (χ4v) is 4.39. The van der Waals surface area contributed by atoms with Gasteiger partial charge in [0.15, 0.2) is 6.23 Å². The zero-order valence-corrected chi connectivity index (χ0v) is 18.7. The summed E-state index contributed by atoms with van der Waals surface area (Å²) in [7, 11) is 0. The number of anilines is 1. The van der Waals surface area contributed by atoms with Gasteiger partial charge >= 0.3 is 12.3 Å². The van der Waals surface area contributed by atoms with Crippen LogP contribution in [0.4, 0.5) is 18.9 Å². The molecular formula is C27H20F3NO5. The Bertz CT molecular complexity index is 1460. The first kappa shape index (κ1) is 23.5. The first-order valence-electron chi connectivity index (χ1n) is 11.0. The number of carboxylic acid groups (broad SMARTS) is 1. The number of hydrogen-bond acceptors (Lipinski definition) is 5. The molecule has 9 heteroatoms. The highest BCUT2D eigenvalue weighted by Crippen LogP contribution is 2.39. The molecular weight excluding hydrogens is 475 g/mol. The molecule has 5 rings (SSSR count). The summed E-state index contributed by atoms with van der Waals surface area (Å²) in [6, 6.07) is 16.5. The Morgan fingerprint density at radius 3 is 2.61 bits per heavy atom. The summed E-state index contributed by atoms with van der Waals surface area (Å²) in [5, 5.41) is 20.7. The van der Waals surface area contributed by atoms with E-state index >= 15 is 0 Å². The van der Waals surface area contributed by atoms with E-state index in [1.54, 1.807) is 4.90 Å². The molecule has 2 heterocycles. The monoisotopic (exact) mass is 495 g/mol. The van der Waals surface area contributed by atoms with Crippen molar-refractivity contribution >= 4 is 34.8 Å². The van der Waals surface area contributed by atoms with Gasteiger partial charge in [-0.3, -0.25) is 4.79 Å². The van der Waals surface area contributed by atoms with Crippen LogP contribution in [-0.2, 0) is 17.8 Å². The van der Waals surface area contributed by atoms with Gasteiger partial charge in [0.2, 0.25) is 0 Å². The molecule has 0 saturated carbocycles. The minimum Gasteiger partial charge on any atom is -0.481 e. The van der Waals surface area contributed by atoms with Gasteiger partial charge in [-0.1, -0.05) is 42.5 Å². The van der Waals surface area contributed by atoms with Crippen molar-refractivity contribution in [2.24, 2.45) is 0 Å². The quantitative estimate of drug-likeness (QED) is 0.313. The molecule has 6 nitrogen and oxygen atoms in total. The highest BCUT2D eigenvalue weighted by Gasteiger charge is 2.32. The molecule has 2 N–H and O–H groups in total. The van der Waals surface area contributed by atoms with Crippen LogP contribution in [0.15, 0.2) is 71.3 Å². The number of aliphatic hydroxyl groups excluding tert-OH is 1. The van der Waals surface area contributed by atoms with E-state index in [1.165, 1.54) is 30.5 Å². The molecule has 0 saturated heterocycles. The van der Waals surface area contributed by atoms with Crippen LogP contribution in [0.1, 0.15) is 34.0 Å². The summed E-state index contributed by atoms with van der Waals surface area (Å²) >= 11 is 0. The Hall–Kier alpha value is -4.24. The number of aliphatic carboxylic acids is 1. The van der Waals surface area contributed by atoms with Gasteiger partial charge in [-0.15, -0.1) is 13.2 Å². The fourth-order valence-electron chi connectivity index (χ4n) is 4.39. The summed E-state index contributed by atoms with van der Waals surface area (Å²) in [5.74, 6) is -1.26. The first-order chi connectivity index (χ1) is 17.2. The van der Waals surface area contributed by atoms with Crippen LogP contribution in [0.5, 0.6) is 5.75 Å². The molecule has 36 heavy (non-hydrogen) atoms. The molecule has 1 aliphatic heterocycles. The van der Waals surface area contributed by atoms with E-state index < -0.39 is 18.6 Å². The molecule has 0 spiro atoms. The summed E-state index contributed by atoms with van der Waals surface area (Å²) in [6.07, 6.45) is -0.572. The van der Waals surface area contributed by atoms with Gasteiger partial charge in [0, 0.05) is 28.7 Å². The van der Waals surface area contributed by atoms with Crippen molar-refractivity contribution < 1.29 is 37.3 Å². The number of rotatable bonds is 6. The van der Waals surface area contributed by atoms with Crippen molar-refractivity contribution in [3.05, 3.63) is 94.7 Å². The van der Waals surface area contributed by atoms with Gasteiger partial charge in [0.05, 0.1) is 12.7 Å². The average Bonchev–Trinajstić information content (AvgIpc) is 3.38. The number of aliphatic hydroxyl groups is 1. The molecule has 1 aliphatic rings. The maximum atomic E-state index is 12.4. The highest BCUT2D eigenvalue weighted by atomic mass is 19.4. The maximum Gasteiger partial charge on any atom is 0.573 e. The number of hydrogen-bond donors (Lipinski definition) is 2. The van der Waals surface area contributed by atoms with Crippen molar-refractivity contribution in [1.29, 1.82) is 0 Å². The third kappa shape index (κ3) is 4.78. The topological polar surface area (TPSA) is 83.1 Å². The molecule has 4 aromatic rings. The zero-order valence-electron chi connectivity index (χ0n) is 18.7. The molecule has 1 aromatic heterocycles. The lowest BCUT2D eigenvalue weighted by atomic mass is 10.0. The molecule has 0 amide bonds. The van der Waals surface area contributed by atoms with Crippen LogP contribution in [-0.4, -0.2) is 22.5 Å². The second-order valence-corrected chi connectivity index (χ2v) is 8.38. The van der Waals surface area contributed by atoms with Gasteiger partial charge in [0.1, 0.15) is 11.3 Å². The molecule has 0 fully saturated rings. The van der Waals surface area contributed by atoms with E-state index in [-0.39, 0.29) is 12.2 Å². The summed E-state index contributed by atoms with van der Waals surface area (Å²) in [5.41, 5.74) is 5.12. The number of furan rings is 1. The molecule has 0 bridgehead atoms. The summed E-state index contributed by atoms with van der Waals surface area (Å²) in [4.78, 5) is 12.7. The summed E-state index contributed by atoms with van der Waals surface area (Å²) < 4.78 is 46.8. The summed E-state index contributed by atoms with van der Waals surface area (Å²) in [6.45, 7) is 0.367. The Labute approximate surface area is 203 Å². The van der Waals surface area contributed by atoms with Gasteiger partial charge in [-0.2, -0.15) is 0 Å². The normalized spacial score (nSPS) is 15.6. The fraction of sp³-hybridized carbons (Fsp3) is 0.148. The zero-order chi connectivity index (χ0) is 25.4. The number of carboxylic acids is 1. The van der Waals surface area contributed by atoms with E-state index in [2.05, 4.69) is 4.74 Å². The number of alkyl halides is 3. The van der Waals surface area contributed by atoms with Crippen LogP contribution >= 0.6 is 0 Å². The van der Waals surface area contributed by atoms with Gasteiger partial charge < -0.3 is 24.3 Å². The second-order valence-electron chi connectivity index (χ2n) is 8.38. The minimum atomic E-state index is -4.77. The number of ether oxygens (including phenoxy) is 1. The third-order valence-corrected chi connectivity index (χ3v) is 6.03. The molecule has 3 aromatic carbocycles. The molecule has 0 radical (unpaired) electrons. The predicted octanol–water partition coefficient (Wildman–Crippen LogP) is 6.14. The maximum absolute atomic E-state index is 12.4. The standard InChI is InChI=1S/C27H20F3NO5/c28-27(29,30)36-20-9-7-19(8-10-20)31-14-23-17(2-1-3-22(23)26(31)34)6-4-16-5-11-21-18(13-25(32)33)15-35-24(21)12-16/h1-12,15,26,34H,13-14H2,(H,32,33)/b6-4+. The van der Waals surface area contributed by atoms with Gasteiger partial charge in [0.25, 0.3) is 0 Å². The van der Waals surface area contributed by atoms with E-state index in [0.29, 0.717) is 28.9 Å². The number of benzene rings is 3.